The number of aromatic nitrogens is 1. The number of benzene rings is 2. The molecule has 38 heavy (non-hydrogen) atoms. The van der Waals surface area contributed by atoms with Crippen LogP contribution in [0.2, 0.25) is 0 Å². The van der Waals surface area contributed by atoms with Crippen LogP contribution < -0.4 is 25.2 Å². The van der Waals surface area contributed by atoms with Crippen LogP contribution in [0.3, 0.4) is 0 Å². The van der Waals surface area contributed by atoms with E-state index in [9.17, 15) is 14.0 Å². The SMILES string of the molecule is Cc1nc(NCc2ccc3c(c2)O[C@H](C)C(=O)N3Cc2ccc(F)cc2)cc2c1NC(=O)[C@H](C(C)C)N2C. The van der Waals surface area contributed by atoms with Crippen LogP contribution in [0.5, 0.6) is 5.75 Å². The summed E-state index contributed by atoms with van der Waals surface area (Å²) < 4.78 is 19.3. The summed E-state index contributed by atoms with van der Waals surface area (Å²) in [6.45, 7) is 8.50. The van der Waals surface area contributed by atoms with Gasteiger partial charge in [0.05, 0.1) is 29.3 Å². The second kappa shape index (κ2) is 9.96. The van der Waals surface area contributed by atoms with E-state index < -0.39 is 6.10 Å². The Bertz CT molecular complexity index is 1390. The first kappa shape index (κ1) is 25.5. The van der Waals surface area contributed by atoms with E-state index in [4.69, 9.17) is 4.74 Å². The third-order valence-electron chi connectivity index (χ3n) is 7.09. The Hall–Kier alpha value is -4.14. The molecule has 2 N–H and O–H groups in total. The predicted octanol–water partition coefficient (Wildman–Crippen LogP) is 4.87. The normalized spacial score (nSPS) is 18.6. The van der Waals surface area contributed by atoms with Crippen molar-refractivity contribution in [1.82, 2.24) is 4.98 Å². The van der Waals surface area contributed by atoms with Crippen molar-refractivity contribution in [2.24, 2.45) is 5.92 Å². The van der Waals surface area contributed by atoms with Crippen LogP contribution in [0, 0.1) is 18.7 Å². The molecule has 0 spiro atoms. The lowest BCUT2D eigenvalue weighted by Gasteiger charge is -2.38. The van der Waals surface area contributed by atoms with Crippen molar-refractivity contribution in [2.45, 2.75) is 52.9 Å². The van der Waals surface area contributed by atoms with Gasteiger partial charge in [-0.3, -0.25) is 9.59 Å². The molecule has 3 heterocycles. The van der Waals surface area contributed by atoms with Crippen LogP contribution in [0.1, 0.15) is 37.6 Å². The minimum absolute atomic E-state index is 0.0177. The number of nitrogens with zero attached hydrogens (tertiary/aromatic N) is 3. The molecule has 0 aliphatic carbocycles. The maximum Gasteiger partial charge on any atom is 0.268 e. The van der Waals surface area contributed by atoms with Crippen LogP contribution >= 0.6 is 0 Å². The van der Waals surface area contributed by atoms with E-state index in [1.54, 1.807) is 24.0 Å². The van der Waals surface area contributed by atoms with Crippen molar-refractivity contribution in [3.63, 3.8) is 0 Å². The molecule has 0 bridgehead atoms. The average molecular weight is 518 g/mol. The van der Waals surface area contributed by atoms with Crippen molar-refractivity contribution >= 4 is 34.7 Å². The topological polar surface area (TPSA) is 86.8 Å². The fraction of sp³-hybridized carbons (Fsp3) is 0.345. The van der Waals surface area contributed by atoms with Crippen LogP contribution in [0.25, 0.3) is 0 Å². The van der Waals surface area contributed by atoms with Crippen molar-refractivity contribution in [1.29, 1.82) is 0 Å². The predicted molar refractivity (Wildman–Crippen MR) is 146 cm³/mol. The second-order valence-electron chi connectivity index (χ2n) is 10.2. The summed E-state index contributed by atoms with van der Waals surface area (Å²) >= 11 is 0. The number of hydrogen-bond donors (Lipinski definition) is 2. The molecule has 3 aromatic rings. The molecule has 1 aromatic heterocycles. The van der Waals surface area contributed by atoms with Gasteiger partial charge in [-0.05, 0) is 55.2 Å². The van der Waals surface area contributed by atoms with Crippen molar-refractivity contribution in [3.8, 4) is 5.75 Å². The van der Waals surface area contributed by atoms with E-state index in [1.165, 1.54) is 12.1 Å². The number of likely N-dealkylation sites (N-methyl/N-ethyl adjacent to an activating group) is 1. The molecule has 0 fully saturated rings. The fourth-order valence-electron chi connectivity index (χ4n) is 5.14. The summed E-state index contributed by atoms with van der Waals surface area (Å²) in [5.41, 5.74) is 4.88. The highest BCUT2D eigenvalue weighted by Gasteiger charge is 2.34. The molecule has 2 aliphatic heterocycles. The zero-order valence-corrected chi connectivity index (χ0v) is 22.2. The maximum absolute atomic E-state index is 13.3. The van der Waals surface area contributed by atoms with Gasteiger partial charge >= 0.3 is 0 Å². The summed E-state index contributed by atoms with van der Waals surface area (Å²) in [4.78, 5) is 33.8. The Kier molecular flexibility index (Phi) is 6.69. The largest absolute Gasteiger partial charge is 0.479 e. The number of hydrogen-bond acceptors (Lipinski definition) is 6. The molecule has 8 nitrogen and oxygen atoms in total. The van der Waals surface area contributed by atoms with Crippen molar-refractivity contribution < 1.29 is 18.7 Å². The molecule has 0 saturated carbocycles. The van der Waals surface area contributed by atoms with E-state index in [-0.39, 0.29) is 29.6 Å². The number of fused-ring (bicyclic) bond motifs is 2. The van der Waals surface area contributed by atoms with Gasteiger partial charge in [-0.1, -0.05) is 32.0 Å². The first-order valence-electron chi connectivity index (χ1n) is 12.8. The zero-order valence-electron chi connectivity index (χ0n) is 22.2. The number of halogens is 1. The number of anilines is 4. The molecule has 2 aliphatic rings. The van der Waals surface area contributed by atoms with Crippen LogP contribution in [-0.4, -0.2) is 36.0 Å². The number of ether oxygens (including phenoxy) is 1. The third kappa shape index (κ3) is 4.76. The summed E-state index contributed by atoms with van der Waals surface area (Å²) in [5.74, 6) is 1.01. The Morgan fingerprint density at radius 3 is 2.50 bits per heavy atom. The Labute approximate surface area is 221 Å². The number of nitrogens with one attached hydrogen (secondary N) is 2. The minimum Gasteiger partial charge on any atom is -0.479 e. The maximum atomic E-state index is 13.3. The number of pyridine rings is 1. The molecule has 0 radical (unpaired) electrons. The van der Waals surface area contributed by atoms with E-state index in [0.717, 1.165) is 28.2 Å². The van der Waals surface area contributed by atoms with Gasteiger partial charge in [0, 0.05) is 19.7 Å². The van der Waals surface area contributed by atoms with Crippen molar-refractivity contribution in [2.75, 3.05) is 27.5 Å². The van der Waals surface area contributed by atoms with E-state index >= 15 is 0 Å². The zero-order chi connectivity index (χ0) is 27.1. The summed E-state index contributed by atoms with van der Waals surface area (Å²) in [5, 5.41) is 6.41. The lowest BCUT2D eigenvalue weighted by Crippen LogP contribution is -2.49. The monoisotopic (exact) mass is 517 g/mol. The van der Waals surface area contributed by atoms with Crippen LogP contribution in [-0.2, 0) is 22.7 Å². The number of carbonyl (C=O) groups excluding carboxylic acids is 2. The number of carbonyl (C=O) groups is 2. The lowest BCUT2D eigenvalue weighted by atomic mass is 9.98. The summed E-state index contributed by atoms with van der Waals surface area (Å²) in [7, 11) is 1.94. The van der Waals surface area contributed by atoms with E-state index in [2.05, 4.69) is 15.6 Å². The molecule has 0 saturated heterocycles. The number of rotatable bonds is 6. The molecule has 2 aromatic carbocycles. The van der Waals surface area contributed by atoms with Gasteiger partial charge in [-0.15, -0.1) is 0 Å². The highest BCUT2D eigenvalue weighted by atomic mass is 19.1. The molecular formula is C29H32FN5O3. The highest BCUT2D eigenvalue weighted by molar-refractivity contribution is 6.04. The average Bonchev–Trinajstić information content (AvgIpc) is 2.87. The van der Waals surface area contributed by atoms with E-state index in [0.29, 0.717) is 30.3 Å². The quantitative estimate of drug-likeness (QED) is 0.485. The molecule has 0 unspecified atom stereocenters. The smallest absolute Gasteiger partial charge is 0.268 e. The molecule has 2 atom stereocenters. The van der Waals surface area contributed by atoms with Crippen molar-refractivity contribution in [3.05, 3.63) is 71.2 Å². The third-order valence-corrected chi connectivity index (χ3v) is 7.09. The summed E-state index contributed by atoms with van der Waals surface area (Å²) in [6.07, 6.45) is -0.629. The molecular weight excluding hydrogens is 485 g/mol. The molecule has 198 valence electrons. The van der Waals surface area contributed by atoms with Crippen LogP contribution in [0.15, 0.2) is 48.5 Å². The van der Waals surface area contributed by atoms with Crippen LogP contribution in [0.4, 0.5) is 27.3 Å². The fourth-order valence-corrected chi connectivity index (χ4v) is 5.14. The number of amides is 2. The van der Waals surface area contributed by atoms with Gasteiger partial charge in [0.15, 0.2) is 6.10 Å². The van der Waals surface area contributed by atoms with Gasteiger partial charge in [-0.25, -0.2) is 9.37 Å². The van der Waals surface area contributed by atoms with Gasteiger partial charge in [0.1, 0.15) is 23.4 Å². The number of aryl methyl sites for hydroxylation is 1. The lowest BCUT2D eigenvalue weighted by molar-refractivity contribution is -0.125. The summed E-state index contributed by atoms with van der Waals surface area (Å²) in [6, 6.07) is 13.6. The standard InChI is InChI=1S/C29H32FN5O3/c1-16(2)27-28(36)33-26-17(3)32-25(13-23(26)34(27)5)31-14-20-8-11-22-24(12-20)38-18(4)29(37)35(22)15-19-6-9-21(30)10-7-19/h6-13,16,18,27H,14-15H2,1-5H3,(H,31,32)(H,33,36)/t18-,27+/m1/s1. The highest BCUT2D eigenvalue weighted by Crippen LogP contribution is 2.38. The Morgan fingerprint density at radius 1 is 1.08 bits per heavy atom. The van der Waals surface area contributed by atoms with Gasteiger partial charge < -0.3 is 25.2 Å². The van der Waals surface area contributed by atoms with E-state index in [1.807, 2.05) is 57.0 Å². The molecule has 2 amide bonds. The molecule has 9 heteroatoms. The van der Waals surface area contributed by atoms with Gasteiger partial charge in [0.25, 0.3) is 5.91 Å². The first-order valence-corrected chi connectivity index (χ1v) is 12.8. The minimum atomic E-state index is -0.629. The Morgan fingerprint density at radius 2 is 1.79 bits per heavy atom. The second-order valence-corrected chi connectivity index (χ2v) is 10.2. The molecule has 5 rings (SSSR count). The van der Waals surface area contributed by atoms with Gasteiger partial charge in [0.2, 0.25) is 5.91 Å². The van der Waals surface area contributed by atoms with Gasteiger partial charge in [-0.2, -0.15) is 0 Å². The first-order chi connectivity index (χ1) is 18.1. The Balaban J connectivity index is 1.35.